The predicted octanol–water partition coefficient (Wildman–Crippen LogP) is 3.02. The Kier molecular flexibility index (Phi) is 8.83. The van der Waals surface area contributed by atoms with Crippen LogP contribution in [0.3, 0.4) is 0 Å². The molecule has 1 aliphatic heterocycles. The van der Waals surface area contributed by atoms with E-state index in [9.17, 15) is 9.90 Å². The highest BCUT2D eigenvalue weighted by Gasteiger charge is 2.20. The van der Waals surface area contributed by atoms with E-state index in [1.807, 2.05) is 19.9 Å². The molecule has 3 heterocycles. The number of unbranched alkanes of at least 4 members (excludes halogenated alkanes) is 1. The number of amides is 1. The molecule has 0 bridgehead atoms. The van der Waals surface area contributed by atoms with Crippen LogP contribution in [-0.4, -0.2) is 51.6 Å². The summed E-state index contributed by atoms with van der Waals surface area (Å²) in [6.45, 7) is 5.00. The lowest BCUT2D eigenvalue weighted by molar-refractivity contribution is 0.0910. The van der Waals surface area contributed by atoms with E-state index in [0.717, 1.165) is 55.8 Å². The van der Waals surface area contributed by atoms with Gasteiger partial charge in [0, 0.05) is 59.9 Å². The number of fused-ring (bicyclic) bond motifs is 1. The van der Waals surface area contributed by atoms with Crippen molar-refractivity contribution in [2.45, 2.75) is 52.4 Å². The van der Waals surface area contributed by atoms with Crippen molar-refractivity contribution < 1.29 is 9.90 Å². The molecule has 7 nitrogen and oxygen atoms in total. The number of nitrogens with one attached hydrogen (secondary N) is 2. The largest absolute Gasteiger partial charge is 0.396 e. The van der Waals surface area contributed by atoms with E-state index < -0.39 is 0 Å². The summed E-state index contributed by atoms with van der Waals surface area (Å²) in [6, 6.07) is 12.8. The summed E-state index contributed by atoms with van der Waals surface area (Å²) in [6.07, 6.45) is 9.97. The van der Waals surface area contributed by atoms with Crippen molar-refractivity contribution in [2.24, 2.45) is 10.4 Å². The molecule has 0 aliphatic carbocycles. The second-order valence-corrected chi connectivity index (χ2v) is 11.1. The number of nitrogens with zero attached hydrogens (tertiary/aromatic N) is 3. The van der Waals surface area contributed by atoms with Gasteiger partial charge in [-0.15, -0.1) is 10.2 Å². The monoisotopic (exact) mass is 505 g/mol. The van der Waals surface area contributed by atoms with Crippen molar-refractivity contribution in [1.29, 1.82) is 0 Å². The Bertz CT molecular complexity index is 1310. The number of aromatic nitrogens is 3. The van der Waals surface area contributed by atoms with Crippen LogP contribution in [0.25, 0.3) is 12.2 Å². The summed E-state index contributed by atoms with van der Waals surface area (Å²) in [5.41, 5.74) is 3.30. The highest BCUT2D eigenvalue weighted by Crippen LogP contribution is 2.16. The highest BCUT2D eigenvalue weighted by molar-refractivity contribution is 7.13. The molecule has 0 unspecified atom stereocenters. The fraction of sp³-hybridized carbons (Fsp3) is 0.429. The zero-order valence-corrected chi connectivity index (χ0v) is 21.9. The van der Waals surface area contributed by atoms with Gasteiger partial charge in [-0.3, -0.25) is 9.79 Å². The number of benzene rings is 1. The van der Waals surface area contributed by atoms with Crippen molar-refractivity contribution in [3.05, 3.63) is 68.2 Å². The van der Waals surface area contributed by atoms with Crippen LogP contribution in [0.4, 0.5) is 0 Å². The number of hydrogen-bond donors (Lipinski definition) is 3. The Balaban J connectivity index is 1.29. The summed E-state index contributed by atoms with van der Waals surface area (Å²) in [4.78, 5) is 20.7. The standard InChI is InChI=1S/C28H35N5O2S/c1-28(2,19-34)18-30-26(35)27-33-32-25(36-27)13-7-6-11-22-16-21-17-23(15-20-9-4-3-5-10-20)31-24(21)12-8-14-29-22/h3-5,9-10,12,16-17,31,34H,6-8,11,13-15,18-19H2,1-2H3,(H,30,35)/b21-16-,24-12+,29-22?. The minimum Gasteiger partial charge on any atom is -0.396 e. The molecule has 1 aromatic carbocycles. The minimum atomic E-state index is -0.359. The fourth-order valence-corrected chi connectivity index (χ4v) is 4.82. The van der Waals surface area contributed by atoms with E-state index in [0.29, 0.717) is 11.6 Å². The fourth-order valence-electron chi connectivity index (χ4n) is 4.02. The lowest BCUT2D eigenvalue weighted by Gasteiger charge is -2.21. The third-order valence-corrected chi connectivity index (χ3v) is 7.16. The van der Waals surface area contributed by atoms with Gasteiger partial charge < -0.3 is 15.4 Å². The van der Waals surface area contributed by atoms with E-state index in [-0.39, 0.29) is 17.9 Å². The normalized spacial score (nSPS) is 15.5. The third-order valence-electron chi connectivity index (χ3n) is 6.18. The zero-order chi connectivity index (χ0) is 25.4. The van der Waals surface area contributed by atoms with Crippen LogP contribution in [0, 0.1) is 5.41 Å². The number of H-pyrrole nitrogens is 1. The minimum absolute atomic E-state index is 0.00979. The summed E-state index contributed by atoms with van der Waals surface area (Å²) in [5.74, 6) is -0.232. The molecular weight excluding hydrogens is 470 g/mol. The summed E-state index contributed by atoms with van der Waals surface area (Å²) >= 11 is 1.34. The maximum Gasteiger partial charge on any atom is 0.282 e. The average Bonchev–Trinajstić information content (AvgIpc) is 3.48. The lowest BCUT2D eigenvalue weighted by atomic mass is 9.95. The summed E-state index contributed by atoms with van der Waals surface area (Å²) < 4.78 is 0. The third kappa shape index (κ3) is 7.45. The molecular formula is C28H35N5O2S. The first-order valence-corrected chi connectivity index (χ1v) is 13.4. The second kappa shape index (κ2) is 12.2. The maximum atomic E-state index is 12.3. The van der Waals surface area contributed by atoms with Gasteiger partial charge in [-0.25, -0.2) is 0 Å². The molecule has 0 radical (unpaired) electrons. The van der Waals surface area contributed by atoms with Crippen LogP contribution >= 0.6 is 11.3 Å². The molecule has 2 aromatic heterocycles. The van der Waals surface area contributed by atoms with Crippen molar-refractivity contribution in [2.75, 3.05) is 19.7 Å². The van der Waals surface area contributed by atoms with Gasteiger partial charge in [0.1, 0.15) is 5.01 Å². The molecule has 3 aromatic rings. The molecule has 4 rings (SSSR count). The molecule has 1 aliphatic rings. The number of aromatic amines is 1. The molecule has 1 amide bonds. The summed E-state index contributed by atoms with van der Waals surface area (Å²) in [7, 11) is 0. The van der Waals surface area contributed by atoms with Crippen molar-refractivity contribution in [3.63, 3.8) is 0 Å². The van der Waals surface area contributed by atoms with Gasteiger partial charge in [0.05, 0.1) is 0 Å². The van der Waals surface area contributed by atoms with Crippen molar-refractivity contribution in [3.8, 4) is 0 Å². The van der Waals surface area contributed by atoms with Gasteiger partial charge in [-0.1, -0.05) is 61.6 Å². The van der Waals surface area contributed by atoms with Crippen LogP contribution in [0.2, 0.25) is 0 Å². The molecule has 190 valence electrons. The van der Waals surface area contributed by atoms with Crippen molar-refractivity contribution in [1.82, 2.24) is 20.5 Å². The lowest BCUT2D eigenvalue weighted by Crippen LogP contribution is -2.36. The Hall–Kier alpha value is -3.10. The van der Waals surface area contributed by atoms with Crippen LogP contribution in [0.15, 0.2) is 41.4 Å². The number of aryl methyl sites for hydroxylation is 1. The number of aliphatic hydroxyl groups is 1. The molecule has 0 saturated heterocycles. The molecule has 8 heteroatoms. The van der Waals surface area contributed by atoms with E-state index >= 15 is 0 Å². The Morgan fingerprint density at radius 3 is 2.78 bits per heavy atom. The predicted molar refractivity (Wildman–Crippen MR) is 146 cm³/mol. The van der Waals surface area contributed by atoms with Gasteiger partial charge in [-0.05, 0) is 43.4 Å². The van der Waals surface area contributed by atoms with E-state index in [1.54, 1.807) is 0 Å². The number of aliphatic hydroxyl groups excluding tert-OH is 1. The first-order valence-electron chi connectivity index (χ1n) is 12.6. The first kappa shape index (κ1) is 26.0. The Morgan fingerprint density at radius 2 is 1.97 bits per heavy atom. The topological polar surface area (TPSA) is 103 Å². The van der Waals surface area contributed by atoms with Crippen LogP contribution in [0.5, 0.6) is 0 Å². The molecule has 0 spiro atoms. The molecule has 36 heavy (non-hydrogen) atoms. The Labute approximate surface area is 216 Å². The number of carbonyl (C=O) groups is 1. The molecule has 0 saturated carbocycles. The van der Waals surface area contributed by atoms with E-state index in [1.165, 1.54) is 33.2 Å². The maximum absolute atomic E-state index is 12.3. The van der Waals surface area contributed by atoms with Crippen LogP contribution in [-0.2, 0) is 12.8 Å². The van der Waals surface area contributed by atoms with Gasteiger partial charge in [0.25, 0.3) is 5.91 Å². The van der Waals surface area contributed by atoms with Gasteiger partial charge in [0.2, 0.25) is 5.01 Å². The quantitative estimate of drug-likeness (QED) is 0.349. The SMILES string of the molecule is CC(C)(CO)CNC(=O)c1nnc(CCCCC2=NCC/C=c3/[nH]c(Cc4ccccc4)c/c3=C/2)s1. The van der Waals surface area contributed by atoms with Crippen LogP contribution in [0.1, 0.15) is 65.6 Å². The summed E-state index contributed by atoms with van der Waals surface area (Å²) in [5, 5.41) is 24.1. The molecule has 3 N–H and O–H groups in total. The van der Waals surface area contributed by atoms with E-state index in [4.69, 9.17) is 4.99 Å². The highest BCUT2D eigenvalue weighted by atomic mass is 32.1. The van der Waals surface area contributed by atoms with Gasteiger partial charge in [-0.2, -0.15) is 0 Å². The second-order valence-electron chi connectivity index (χ2n) is 10.0. The molecule has 0 atom stereocenters. The van der Waals surface area contributed by atoms with Gasteiger partial charge >= 0.3 is 0 Å². The van der Waals surface area contributed by atoms with Crippen molar-refractivity contribution >= 4 is 35.1 Å². The smallest absolute Gasteiger partial charge is 0.282 e. The first-order chi connectivity index (χ1) is 17.4. The average molecular weight is 506 g/mol. The molecule has 0 fully saturated rings. The van der Waals surface area contributed by atoms with Gasteiger partial charge in [0.15, 0.2) is 0 Å². The zero-order valence-electron chi connectivity index (χ0n) is 21.1. The van der Waals surface area contributed by atoms with Crippen LogP contribution < -0.4 is 15.9 Å². The Morgan fingerprint density at radius 1 is 1.17 bits per heavy atom. The number of carbonyl (C=O) groups excluding carboxylic acids is 1. The number of rotatable bonds is 11. The van der Waals surface area contributed by atoms with E-state index in [2.05, 4.69) is 63.0 Å². The number of hydrogen-bond acceptors (Lipinski definition) is 6. The number of aliphatic imine (C=N–C) groups is 1.